The van der Waals surface area contributed by atoms with Gasteiger partial charge in [-0.2, -0.15) is 0 Å². The van der Waals surface area contributed by atoms with Crippen molar-refractivity contribution in [3.63, 3.8) is 0 Å². The van der Waals surface area contributed by atoms with Crippen LogP contribution < -0.4 is 10.6 Å². The number of aliphatic hydroxyl groups is 1. The van der Waals surface area contributed by atoms with Crippen LogP contribution in [0.3, 0.4) is 0 Å². The molecule has 13 heavy (non-hydrogen) atoms. The van der Waals surface area contributed by atoms with E-state index < -0.39 is 6.23 Å². The second-order valence-electron chi connectivity index (χ2n) is 3.20. The lowest BCUT2D eigenvalue weighted by Crippen LogP contribution is -2.31. The van der Waals surface area contributed by atoms with Gasteiger partial charge in [-0.3, -0.25) is 0 Å². The van der Waals surface area contributed by atoms with Crippen LogP contribution in [-0.2, 0) is 0 Å². The standard InChI is InChI=1S/C10H12N2O/c1-12-9-6-8(11)4-2-7(9)3-5-10(12)13/h2-6,10,13H,11H2,1H3. The van der Waals surface area contributed by atoms with Gasteiger partial charge < -0.3 is 15.7 Å². The second kappa shape index (κ2) is 2.78. The zero-order valence-corrected chi connectivity index (χ0v) is 7.44. The number of fused-ring (bicyclic) bond motifs is 1. The van der Waals surface area contributed by atoms with Crippen LogP contribution in [0.5, 0.6) is 0 Å². The van der Waals surface area contributed by atoms with Gasteiger partial charge in [0.25, 0.3) is 0 Å². The van der Waals surface area contributed by atoms with Crippen LogP contribution in [0.1, 0.15) is 5.56 Å². The summed E-state index contributed by atoms with van der Waals surface area (Å²) in [4.78, 5) is 1.78. The Morgan fingerprint density at radius 1 is 1.46 bits per heavy atom. The number of hydrogen-bond donors (Lipinski definition) is 2. The Hall–Kier alpha value is -1.48. The van der Waals surface area contributed by atoms with Crippen LogP contribution in [0.2, 0.25) is 0 Å². The maximum absolute atomic E-state index is 9.51. The summed E-state index contributed by atoms with van der Waals surface area (Å²) in [6.45, 7) is 0. The van der Waals surface area contributed by atoms with Crippen molar-refractivity contribution in [1.82, 2.24) is 0 Å². The van der Waals surface area contributed by atoms with Gasteiger partial charge in [-0.05, 0) is 23.8 Å². The number of rotatable bonds is 0. The molecule has 3 nitrogen and oxygen atoms in total. The second-order valence-corrected chi connectivity index (χ2v) is 3.20. The van der Waals surface area contributed by atoms with E-state index in [0.29, 0.717) is 5.69 Å². The van der Waals surface area contributed by atoms with Gasteiger partial charge in [0.1, 0.15) is 6.23 Å². The number of benzene rings is 1. The molecule has 1 aromatic rings. The van der Waals surface area contributed by atoms with E-state index in [9.17, 15) is 5.11 Å². The molecule has 0 bridgehead atoms. The number of anilines is 2. The fourth-order valence-electron chi connectivity index (χ4n) is 1.47. The lowest BCUT2D eigenvalue weighted by atomic mass is 10.1. The predicted octanol–water partition coefficient (Wildman–Crippen LogP) is 1.05. The summed E-state index contributed by atoms with van der Waals surface area (Å²) in [6, 6.07) is 5.67. The fourth-order valence-corrected chi connectivity index (χ4v) is 1.47. The van der Waals surface area contributed by atoms with Crippen molar-refractivity contribution < 1.29 is 5.11 Å². The minimum atomic E-state index is -0.547. The molecule has 0 amide bonds. The molecule has 2 rings (SSSR count). The van der Waals surface area contributed by atoms with E-state index in [2.05, 4.69) is 0 Å². The van der Waals surface area contributed by atoms with E-state index in [1.165, 1.54) is 0 Å². The molecular formula is C10H12N2O. The zero-order valence-electron chi connectivity index (χ0n) is 7.44. The lowest BCUT2D eigenvalue weighted by molar-refractivity contribution is 0.223. The third-order valence-corrected chi connectivity index (χ3v) is 2.28. The van der Waals surface area contributed by atoms with Gasteiger partial charge >= 0.3 is 0 Å². The Bertz CT molecular complexity index is 360. The SMILES string of the molecule is CN1c2cc(N)ccc2C=CC1O. The van der Waals surface area contributed by atoms with E-state index in [1.54, 1.807) is 11.0 Å². The van der Waals surface area contributed by atoms with Crippen molar-refractivity contribution in [1.29, 1.82) is 0 Å². The minimum absolute atomic E-state index is 0.547. The maximum atomic E-state index is 9.51. The van der Waals surface area contributed by atoms with Crippen molar-refractivity contribution in [3.05, 3.63) is 29.8 Å². The van der Waals surface area contributed by atoms with E-state index in [-0.39, 0.29) is 0 Å². The first kappa shape index (κ1) is 8.13. The van der Waals surface area contributed by atoms with Crippen LogP contribution in [0.4, 0.5) is 11.4 Å². The molecule has 0 saturated carbocycles. The molecular weight excluding hydrogens is 164 g/mol. The largest absolute Gasteiger partial charge is 0.399 e. The van der Waals surface area contributed by atoms with E-state index >= 15 is 0 Å². The molecule has 0 aliphatic carbocycles. The molecule has 1 unspecified atom stereocenters. The van der Waals surface area contributed by atoms with Crippen molar-refractivity contribution in [2.75, 3.05) is 17.7 Å². The molecule has 0 spiro atoms. The average molecular weight is 176 g/mol. The van der Waals surface area contributed by atoms with E-state index in [0.717, 1.165) is 11.3 Å². The molecule has 1 heterocycles. The Balaban J connectivity index is 2.54. The number of nitrogens with two attached hydrogens (primary N) is 1. The lowest BCUT2D eigenvalue weighted by Gasteiger charge is -2.28. The van der Waals surface area contributed by atoms with Gasteiger partial charge in [-0.1, -0.05) is 12.1 Å². The van der Waals surface area contributed by atoms with Gasteiger partial charge in [0.05, 0.1) is 0 Å². The summed E-state index contributed by atoms with van der Waals surface area (Å²) in [7, 11) is 1.84. The van der Waals surface area contributed by atoms with Crippen LogP contribution in [-0.4, -0.2) is 18.4 Å². The van der Waals surface area contributed by atoms with Crippen LogP contribution in [0, 0.1) is 0 Å². The molecule has 0 fully saturated rings. The quantitative estimate of drug-likeness (QED) is 0.581. The summed E-state index contributed by atoms with van der Waals surface area (Å²) in [6.07, 6.45) is 3.10. The molecule has 0 saturated heterocycles. The Morgan fingerprint density at radius 2 is 2.23 bits per heavy atom. The van der Waals surface area contributed by atoms with Gasteiger partial charge in [0, 0.05) is 18.4 Å². The summed E-state index contributed by atoms with van der Waals surface area (Å²) < 4.78 is 0. The highest BCUT2D eigenvalue weighted by Gasteiger charge is 2.15. The fraction of sp³-hybridized carbons (Fsp3) is 0.200. The van der Waals surface area contributed by atoms with Gasteiger partial charge in [0.2, 0.25) is 0 Å². The summed E-state index contributed by atoms with van der Waals surface area (Å²) in [5, 5.41) is 9.51. The molecule has 0 radical (unpaired) electrons. The molecule has 3 heteroatoms. The van der Waals surface area contributed by atoms with Crippen LogP contribution >= 0.6 is 0 Å². The number of hydrogen-bond acceptors (Lipinski definition) is 3. The molecule has 1 aliphatic rings. The summed E-state index contributed by atoms with van der Waals surface area (Å²) in [5.41, 5.74) is 8.43. The number of nitrogen functional groups attached to an aromatic ring is 1. The average Bonchev–Trinajstić information content (AvgIpc) is 2.12. The maximum Gasteiger partial charge on any atom is 0.146 e. The first-order valence-electron chi connectivity index (χ1n) is 4.17. The van der Waals surface area contributed by atoms with E-state index in [4.69, 9.17) is 5.73 Å². The predicted molar refractivity (Wildman–Crippen MR) is 54.3 cm³/mol. The molecule has 68 valence electrons. The number of likely N-dealkylation sites (N-methyl/N-ethyl adjacent to an activating group) is 1. The molecule has 1 aromatic carbocycles. The zero-order chi connectivity index (χ0) is 9.42. The third-order valence-electron chi connectivity index (χ3n) is 2.28. The number of aliphatic hydroxyl groups excluding tert-OH is 1. The highest BCUT2D eigenvalue weighted by molar-refractivity contribution is 5.74. The number of nitrogens with zero attached hydrogens (tertiary/aromatic N) is 1. The Morgan fingerprint density at radius 3 is 3.00 bits per heavy atom. The van der Waals surface area contributed by atoms with E-state index in [1.807, 2.05) is 31.3 Å². The van der Waals surface area contributed by atoms with Crippen molar-refractivity contribution >= 4 is 17.5 Å². The smallest absolute Gasteiger partial charge is 0.146 e. The highest BCUT2D eigenvalue weighted by atomic mass is 16.3. The summed E-state index contributed by atoms with van der Waals surface area (Å²) >= 11 is 0. The highest BCUT2D eigenvalue weighted by Crippen LogP contribution is 2.28. The molecule has 0 aromatic heterocycles. The van der Waals surface area contributed by atoms with Gasteiger partial charge in [-0.15, -0.1) is 0 Å². The normalized spacial score (nSPS) is 20.2. The monoisotopic (exact) mass is 176 g/mol. The third kappa shape index (κ3) is 1.27. The van der Waals surface area contributed by atoms with Gasteiger partial charge in [0.15, 0.2) is 0 Å². The molecule has 3 N–H and O–H groups in total. The topological polar surface area (TPSA) is 49.5 Å². The van der Waals surface area contributed by atoms with Crippen LogP contribution in [0.25, 0.3) is 6.08 Å². The van der Waals surface area contributed by atoms with Crippen molar-refractivity contribution in [2.45, 2.75) is 6.23 Å². The first-order chi connectivity index (χ1) is 6.18. The molecule has 1 atom stereocenters. The Labute approximate surface area is 77.1 Å². The minimum Gasteiger partial charge on any atom is -0.399 e. The first-order valence-corrected chi connectivity index (χ1v) is 4.17. The van der Waals surface area contributed by atoms with Gasteiger partial charge in [-0.25, -0.2) is 0 Å². The summed E-state index contributed by atoms with van der Waals surface area (Å²) in [5.74, 6) is 0. The van der Waals surface area contributed by atoms with Crippen molar-refractivity contribution in [2.24, 2.45) is 0 Å². The Kier molecular flexibility index (Phi) is 1.74. The van der Waals surface area contributed by atoms with Crippen molar-refractivity contribution in [3.8, 4) is 0 Å². The van der Waals surface area contributed by atoms with Crippen LogP contribution in [0.15, 0.2) is 24.3 Å². The molecule has 1 aliphatic heterocycles.